The Balaban J connectivity index is 2.11. The van der Waals surface area contributed by atoms with Crippen molar-refractivity contribution in [3.63, 3.8) is 0 Å². The molecule has 0 amide bonds. The summed E-state index contributed by atoms with van der Waals surface area (Å²) in [5.41, 5.74) is 1.84. The molecule has 1 N–H and O–H groups in total. The van der Waals surface area contributed by atoms with Crippen molar-refractivity contribution in [1.29, 1.82) is 0 Å². The zero-order chi connectivity index (χ0) is 17.8. The number of ether oxygens (including phenoxy) is 1. The van der Waals surface area contributed by atoms with Crippen LogP contribution in [0.4, 0.5) is 0 Å². The number of sulfonamides is 1. The van der Waals surface area contributed by atoms with Gasteiger partial charge in [0.15, 0.2) is 0 Å². The van der Waals surface area contributed by atoms with Crippen LogP contribution in [0.15, 0.2) is 53.4 Å². The summed E-state index contributed by atoms with van der Waals surface area (Å²) in [6.07, 6.45) is 0.887. The maximum Gasteiger partial charge on any atom is 0.240 e. The molecule has 24 heavy (non-hydrogen) atoms. The van der Waals surface area contributed by atoms with Crippen LogP contribution in [-0.2, 0) is 21.9 Å². The van der Waals surface area contributed by atoms with E-state index < -0.39 is 10.0 Å². The largest absolute Gasteiger partial charge is 0.497 e. The predicted molar refractivity (Wildman–Crippen MR) is 97.0 cm³/mol. The van der Waals surface area contributed by atoms with Gasteiger partial charge in [-0.3, -0.25) is 0 Å². The molecule has 0 atom stereocenters. The number of rotatable bonds is 7. The lowest BCUT2D eigenvalue weighted by Gasteiger charge is -2.25. The summed E-state index contributed by atoms with van der Waals surface area (Å²) in [5.74, 6) is 0.783. The fourth-order valence-electron chi connectivity index (χ4n) is 2.41. The van der Waals surface area contributed by atoms with Crippen LogP contribution >= 0.6 is 0 Å². The fourth-order valence-corrected chi connectivity index (χ4v) is 3.62. The minimum Gasteiger partial charge on any atom is -0.497 e. The van der Waals surface area contributed by atoms with E-state index in [1.165, 1.54) is 0 Å². The van der Waals surface area contributed by atoms with Gasteiger partial charge in [-0.05, 0) is 41.8 Å². The summed E-state index contributed by atoms with van der Waals surface area (Å²) in [7, 11) is -1.89. The van der Waals surface area contributed by atoms with E-state index >= 15 is 0 Å². The average molecular weight is 347 g/mol. The number of aryl methyl sites for hydroxylation is 1. The van der Waals surface area contributed by atoms with E-state index in [0.717, 1.165) is 23.3 Å². The highest BCUT2D eigenvalue weighted by molar-refractivity contribution is 7.89. The van der Waals surface area contributed by atoms with Gasteiger partial charge in [0.25, 0.3) is 0 Å². The molecule has 5 heteroatoms. The molecule has 2 aromatic rings. The van der Waals surface area contributed by atoms with E-state index in [1.807, 2.05) is 57.2 Å². The van der Waals surface area contributed by atoms with Crippen LogP contribution in [0.25, 0.3) is 0 Å². The number of benzene rings is 2. The highest BCUT2D eigenvalue weighted by Gasteiger charge is 2.24. The molecule has 130 valence electrons. The first kappa shape index (κ1) is 18.5. The summed E-state index contributed by atoms with van der Waals surface area (Å²) >= 11 is 0. The maximum absolute atomic E-state index is 12.5. The second-order valence-corrected chi connectivity index (χ2v) is 8.20. The molecule has 4 nitrogen and oxygen atoms in total. The van der Waals surface area contributed by atoms with E-state index in [-0.39, 0.29) is 5.41 Å². The van der Waals surface area contributed by atoms with E-state index in [9.17, 15) is 8.42 Å². The molecule has 0 aromatic heterocycles. The Morgan fingerprint density at radius 3 is 2.08 bits per heavy atom. The van der Waals surface area contributed by atoms with E-state index in [4.69, 9.17) is 4.74 Å². The van der Waals surface area contributed by atoms with Gasteiger partial charge in [-0.25, -0.2) is 13.1 Å². The highest BCUT2D eigenvalue weighted by atomic mass is 32.2. The molecule has 0 bridgehead atoms. The minimum atomic E-state index is -3.51. The second-order valence-electron chi connectivity index (χ2n) is 6.43. The van der Waals surface area contributed by atoms with Gasteiger partial charge >= 0.3 is 0 Å². The maximum atomic E-state index is 12.5. The molecular formula is C19H25NO3S. The Morgan fingerprint density at radius 2 is 1.58 bits per heavy atom. The Kier molecular flexibility index (Phi) is 5.67. The van der Waals surface area contributed by atoms with Crippen molar-refractivity contribution in [2.24, 2.45) is 0 Å². The topological polar surface area (TPSA) is 55.4 Å². The van der Waals surface area contributed by atoms with Gasteiger partial charge < -0.3 is 4.74 Å². The molecule has 0 aliphatic heterocycles. The zero-order valence-electron chi connectivity index (χ0n) is 14.7. The second kappa shape index (κ2) is 7.36. The molecule has 0 unspecified atom stereocenters. The number of hydrogen-bond donors (Lipinski definition) is 1. The Bertz CT molecular complexity index is 763. The molecule has 0 saturated heterocycles. The van der Waals surface area contributed by atoms with Crippen LogP contribution in [0.1, 0.15) is 31.9 Å². The summed E-state index contributed by atoms with van der Waals surface area (Å²) in [6.45, 7) is 6.38. The van der Waals surface area contributed by atoms with Crippen molar-refractivity contribution < 1.29 is 13.2 Å². The number of hydrogen-bond acceptors (Lipinski definition) is 3. The first-order valence-corrected chi connectivity index (χ1v) is 9.50. The number of nitrogens with one attached hydrogen (secondary N) is 1. The third-order valence-corrected chi connectivity index (χ3v) is 5.63. The first-order valence-electron chi connectivity index (χ1n) is 8.01. The van der Waals surface area contributed by atoms with E-state index in [1.54, 1.807) is 19.2 Å². The SMILES string of the molecule is CCc1ccc(S(=O)(=O)NCC(C)(C)c2ccc(OC)cc2)cc1. The van der Waals surface area contributed by atoms with Gasteiger partial charge in [-0.15, -0.1) is 0 Å². The fraction of sp³-hybridized carbons (Fsp3) is 0.368. The molecule has 0 spiro atoms. The standard InChI is InChI=1S/C19H25NO3S/c1-5-15-6-12-18(13-7-15)24(21,22)20-14-19(2,3)16-8-10-17(23-4)11-9-16/h6-13,20H,5,14H2,1-4H3. The van der Waals surface area contributed by atoms with Gasteiger partial charge in [-0.1, -0.05) is 45.0 Å². The minimum absolute atomic E-state index is 0.297. The van der Waals surface area contributed by atoms with Crippen molar-refractivity contribution in [3.8, 4) is 5.75 Å². The van der Waals surface area contributed by atoms with Crippen molar-refractivity contribution in [2.75, 3.05) is 13.7 Å². The van der Waals surface area contributed by atoms with Crippen LogP contribution in [0.5, 0.6) is 5.75 Å². The van der Waals surface area contributed by atoms with Gasteiger partial charge in [0, 0.05) is 12.0 Å². The van der Waals surface area contributed by atoms with Crippen LogP contribution in [0, 0.1) is 0 Å². The molecule has 2 aromatic carbocycles. The van der Waals surface area contributed by atoms with Gasteiger partial charge in [0.05, 0.1) is 12.0 Å². The van der Waals surface area contributed by atoms with E-state index in [2.05, 4.69) is 4.72 Å². The molecule has 0 heterocycles. The lowest BCUT2D eigenvalue weighted by atomic mass is 9.85. The Morgan fingerprint density at radius 1 is 1.00 bits per heavy atom. The Labute approximate surface area is 144 Å². The summed E-state index contributed by atoms with van der Waals surface area (Å²) in [5, 5.41) is 0. The van der Waals surface area contributed by atoms with Crippen LogP contribution in [-0.4, -0.2) is 22.1 Å². The molecule has 0 aliphatic carbocycles. The zero-order valence-corrected chi connectivity index (χ0v) is 15.5. The summed E-state index contributed by atoms with van der Waals surface area (Å²) < 4.78 is 32.8. The molecule has 2 rings (SSSR count). The molecule has 0 saturated carbocycles. The molecule has 0 aliphatic rings. The molecule has 0 radical (unpaired) electrons. The van der Waals surface area contributed by atoms with Crippen LogP contribution in [0.2, 0.25) is 0 Å². The monoisotopic (exact) mass is 347 g/mol. The Hall–Kier alpha value is -1.85. The van der Waals surface area contributed by atoms with Crippen LogP contribution in [0.3, 0.4) is 0 Å². The normalized spacial score (nSPS) is 12.2. The van der Waals surface area contributed by atoms with E-state index in [0.29, 0.717) is 11.4 Å². The smallest absolute Gasteiger partial charge is 0.240 e. The summed E-state index contributed by atoms with van der Waals surface area (Å²) in [6, 6.07) is 14.7. The third-order valence-electron chi connectivity index (χ3n) is 4.22. The van der Waals surface area contributed by atoms with Crippen molar-refractivity contribution in [2.45, 2.75) is 37.5 Å². The lowest BCUT2D eigenvalue weighted by Crippen LogP contribution is -2.36. The van der Waals surface area contributed by atoms with Crippen molar-refractivity contribution in [3.05, 3.63) is 59.7 Å². The van der Waals surface area contributed by atoms with Crippen molar-refractivity contribution in [1.82, 2.24) is 4.72 Å². The summed E-state index contributed by atoms with van der Waals surface area (Å²) in [4.78, 5) is 0.297. The molecular weight excluding hydrogens is 322 g/mol. The van der Waals surface area contributed by atoms with Crippen LogP contribution < -0.4 is 9.46 Å². The number of methoxy groups -OCH3 is 1. The predicted octanol–water partition coefficient (Wildman–Crippen LogP) is 3.51. The van der Waals surface area contributed by atoms with Gasteiger partial charge in [0.1, 0.15) is 5.75 Å². The third kappa shape index (κ3) is 4.36. The average Bonchev–Trinajstić information content (AvgIpc) is 2.60. The lowest BCUT2D eigenvalue weighted by molar-refractivity contribution is 0.414. The van der Waals surface area contributed by atoms with Gasteiger partial charge in [0.2, 0.25) is 10.0 Å². The first-order chi connectivity index (χ1) is 11.3. The molecule has 0 fully saturated rings. The quantitative estimate of drug-likeness (QED) is 0.834. The van der Waals surface area contributed by atoms with Gasteiger partial charge in [-0.2, -0.15) is 0 Å². The highest BCUT2D eigenvalue weighted by Crippen LogP contribution is 2.25. The van der Waals surface area contributed by atoms with Crippen molar-refractivity contribution >= 4 is 10.0 Å².